The third-order valence-corrected chi connectivity index (χ3v) is 7.49. The maximum absolute atomic E-state index is 14.7. The number of thioether (sulfide) groups is 1. The van der Waals surface area contributed by atoms with Crippen molar-refractivity contribution in [3.05, 3.63) is 76.0 Å². The lowest BCUT2D eigenvalue weighted by molar-refractivity contribution is -0.136. The summed E-state index contributed by atoms with van der Waals surface area (Å²) in [6, 6.07) is 11.3. The summed E-state index contributed by atoms with van der Waals surface area (Å²) in [5, 5.41) is 9.54. The van der Waals surface area contributed by atoms with Gasteiger partial charge in [0.2, 0.25) is 0 Å². The highest BCUT2D eigenvalue weighted by atomic mass is 35.5. The van der Waals surface area contributed by atoms with E-state index in [2.05, 4.69) is 0 Å². The Labute approximate surface area is 224 Å². The Morgan fingerprint density at radius 2 is 2.00 bits per heavy atom. The van der Waals surface area contributed by atoms with E-state index < -0.39 is 24.9 Å². The van der Waals surface area contributed by atoms with Crippen molar-refractivity contribution in [1.29, 1.82) is 0 Å². The van der Waals surface area contributed by atoms with Crippen molar-refractivity contribution in [1.82, 2.24) is 4.90 Å². The van der Waals surface area contributed by atoms with Gasteiger partial charge in [-0.25, -0.2) is 4.39 Å². The van der Waals surface area contributed by atoms with Gasteiger partial charge < -0.3 is 9.84 Å². The van der Waals surface area contributed by atoms with Crippen LogP contribution >= 0.6 is 24.2 Å². The highest BCUT2D eigenvalue weighted by molar-refractivity contribution is 8.03. The van der Waals surface area contributed by atoms with Crippen molar-refractivity contribution in [2.24, 2.45) is 5.92 Å². The molecule has 1 atom stereocenters. The highest BCUT2D eigenvalue weighted by Crippen LogP contribution is 2.40. The first-order chi connectivity index (χ1) is 18.0. The fourth-order valence-corrected chi connectivity index (χ4v) is 5.40. The van der Waals surface area contributed by atoms with Crippen LogP contribution in [0, 0.1) is 11.7 Å². The molecule has 1 saturated carbocycles. The number of carbonyl (C=O) groups excluding carboxylic acids is 2. The van der Waals surface area contributed by atoms with Gasteiger partial charge in [0.25, 0.3) is 0 Å². The summed E-state index contributed by atoms with van der Waals surface area (Å²) in [4.78, 5) is 40.3. The van der Waals surface area contributed by atoms with Crippen LogP contribution in [0.2, 0.25) is 0 Å². The number of carbonyl (C=O) groups is 3. The molecule has 0 saturated heterocycles. The molecule has 0 amide bonds. The van der Waals surface area contributed by atoms with Gasteiger partial charge in [-0.3, -0.25) is 19.3 Å². The standard InChI is InChI=1S/C27H28FNO5S.ClH/c1-34-20-6-4-5-18(13-20)23(30)16-35-24-11-12-29(15-19(24)14-25(31)32)26(27(33)17-9-10-17)21-7-2-3-8-22(21)28;/h2-8,13,17,26H,9-12,14-16H2,1H3,(H,31,32);1H/i1D3;. The Balaban J connectivity index is 0.00000420. The third-order valence-electron chi connectivity index (χ3n) is 6.24. The Kier molecular flexibility index (Phi) is 8.24. The van der Waals surface area contributed by atoms with Crippen LogP contribution in [0.25, 0.3) is 0 Å². The summed E-state index contributed by atoms with van der Waals surface area (Å²) >= 11 is 1.24. The zero-order chi connectivity index (χ0) is 27.4. The monoisotopic (exact) mass is 536 g/mol. The van der Waals surface area contributed by atoms with Gasteiger partial charge in [-0.15, -0.1) is 24.2 Å². The third kappa shape index (κ3) is 6.75. The highest BCUT2D eigenvalue weighted by Gasteiger charge is 2.40. The molecule has 0 radical (unpaired) electrons. The van der Waals surface area contributed by atoms with E-state index in [0.717, 1.165) is 17.7 Å². The fraction of sp³-hybridized carbons (Fsp3) is 0.370. The number of ketones is 2. The minimum Gasteiger partial charge on any atom is -0.497 e. The predicted octanol–water partition coefficient (Wildman–Crippen LogP) is 5.33. The molecule has 9 heteroatoms. The molecule has 1 aliphatic heterocycles. The molecular weight excluding hydrogens is 505 g/mol. The van der Waals surface area contributed by atoms with Gasteiger partial charge in [0, 0.05) is 30.1 Å². The minimum absolute atomic E-state index is 0. The van der Waals surface area contributed by atoms with Gasteiger partial charge in [0.15, 0.2) is 11.6 Å². The van der Waals surface area contributed by atoms with Crippen LogP contribution < -0.4 is 4.74 Å². The molecule has 1 aliphatic carbocycles. The van der Waals surface area contributed by atoms with Gasteiger partial charge in [-0.05, 0) is 47.9 Å². The molecule has 2 aromatic carbocycles. The van der Waals surface area contributed by atoms with Gasteiger partial charge in [0.1, 0.15) is 11.6 Å². The molecule has 2 aromatic rings. The van der Waals surface area contributed by atoms with Crippen molar-refractivity contribution < 1.29 is 32.7 Å². The minimum atomic E-state index is -2.64. The number of carboxylic acid groups (broad SMARTS) is 1. The van der Waals surface area contributed by atoms with Crippen LogP contribution in [0.1, 0.15) is 51.8 Å². The lowest BCUT2D eigenvalue weighted by atomic mass is 9.94. The van der Waals surface area contributed by atoms with E-state index in [1.54, 1.807) is 24.3 Å². The summed E-state index contributed by atoms with van der Waals surface area (Å²) in [5.41, 5.74) is 1.17. The van der Waals surface area contributed by atoms with E-state index in [0.29, 0.717) is 24.1 Å². The lowest BCUT2D eigenvalue weighted by Crippen LogP contribution is -2.40. The number of hydrogen-bond acceptors (Lipinski definition) is 6. The molecule has 0 bridgehead atoms. The molecule has 1 N–H and O–H groups in total. The maximum Gasteiger partial charge on any atom is 0.307 e. The van der Waals surface area contributed by atoms with Crippen molar-refractivity contribution in [2.75, 3.05) is 25.9 Å². The van der Waals surface area contributed by atoms with Crippen molar-refractivity contribution in [3.63, 3.8) is 0 Å². The zero-order valence-corrected chi connectivity index (χ0v) is 21.1. The number of halogens is 2. The number of hydrogen-bond donors (Lipinski definition) is 1. The maximum atomic E-state index is 14.7. The quantitative estimate of drug-likeness (QED) is 0.389. The smallest absolute Gasteiger partial charge is 0.307 e. The van der Waals surface area contributed by atoms with Crippen molar-refractivity contribution in [2.45, 2.75) is 31.7 Å². The van der Waals surface area contributed by atoms with Crippen LogP contribution in [0.3, 0.4) is 0 Å². The first-order valence-electron chi connectivity index (χ1n) is 12.9. The Morgan fingerprint density at radius 1 is 1.22 bits per heavy atom. The molecule has 0 spiro atoms. The van der Waals surface area contributed by atoms with Gasteiger partial charge >= 0.3 is 5.97 Å². The van der Waals surface area contributed by atoms with E-state index in [9.17, 15) is 23.9 Å². The average Bonchev–Trinajstić information content (AvgIpc) is 3.69. The van der Waals surface area contributed by atoms with Crippen molar-refractivity contribution in [3.8, 4) is 5.75 Å². The van der Waals surface area contributed by atoms with Crippen LogP contribution in [0.15, 0.2) is 59.0 Å². The van der Waals surface area contributed by atoms with Crippen molar-refractivity contribution >= 4 is 41.7 Å². The Bertz CT molecular complexity index is 1270. The van der Waals surface area contributed by atoms with Crippen LogP contribution in [0.5, 0.6) is 5.75 Å². The predicted molar refractivity (Wildman–Crippen MR) is 139 cm³/mol. The summed E-state index contributed by atoms with van der Waals surface area (Å²) in [7, 11) is -2.64. The number of methoxy groups -OCH3 is 1. The number of ether oxygens (including phenoxy) is 1. The first-order valence-corrected chi connectivity index (χ1v) is 12.4. The van der Waals surface area contributed by atoms with E-state index in [4.69, 9.17) is 8.85 Å². The molecule has 192 valence electrons. The average molecular weight is 537 g/mol. The largest absolute Gasteiger partial charge is 0.497 e. The molecule has 1 heterocycles. The van der Waals surface area contributed by atoms with Crippen LogP contribution in [0.4, 0.5) is 4.39 Å². The molecule has 36 heavy (non-hydrogen) atoms. The number of carboxylic acids is 1. The second kappa shape index (κ2) is 12.5. The Morgan fingerprint density at radius 3 is 2.69 bits per heavy atom. The fourth-order valence-electron chi connectivity index (χ4n) is 4.35. The molecule has 6 nitrogen and oxygen atoms in total. The first kappa shape index (κ1) is 23.7. The number of rotatable bonds is 11. The van der Waals surface area contributed by atoms with Gasteiger partial charge in [-0.2, -0.15) is 0 Å². The number of nitrogens with zero attached hydrogens (tertiary/aromatic N) is 1. The molecule has 2 aliphatic rings. The molecule has 4 rings (SSSR count). The van der Waals surface area contributed by atoms with Crippen LogP contribution in [-0.2, 0) is 9.59 Å². The van der Waals surface area contributed by atoms with E-state index >= 15 is 0 Å². The number of aliphatic carboxylic acids is 1. The van der Waals surface area contributed by atoms with E-state index in [1.165, 1.54) is 36.0 Å². The molecular formula is C27H29ClFNO5S. The lowest BCUT2D eigenvalue weighted by Gasteiger charge is -2.36. The number of Topliss-reactive ketones (excluding diaryl/α,β-unsaturated/α-hetero) is 2. The summed E-state index contributed by atoms with van der Waals surface area (Å²) < 4.78 is 41.3. The zero-order valence-electron chi connectivity index (χ0n) is 22.4. The summed E-state index contributed by atoms with van der Waals surface area (Å²) in [6.07, 6.45) is 1.72. The van der Waals surface area contributed by atoms with Gasteiger partial charge in [0.05, 0.1) is 29.4 Å². The molecule has 1 unspecified atom stereocenters. The summed E-state index contributed by atoms with van der Waals surface area (Å²) in [5.74, 6) is -1.83. The molecule has 1 fully saturated rings. The topological polar surface area (TPSA) is 83.9 Å². The number of benzene rings is 2. The Hall–Kier alpha value is -2.68. The van der Waals surface area contributed by atoms with Crippen LogP contribution in [-0.4, -0.2) is 53.4 Å². The summed E-state index contributed by atoms with van der Waals surface area (Å²) in [6.45, 7) is 0.598. The van der Waals surface area contributed by atoms with Gasteiger partial charge in [-0.1, -0.05) is 30.3 Å². The molecule has 0 aromatic heterocycles. The second-order valence-electron chi connectivity index (χ2n) is 8.76. The SMILES string of the molecule is Cl.[2H]C([2H])([2H])Oc1cccc(C(=O)CSC2=C(CC(=O)O)CN(C(C(=O)C3CC3)c3ccccc3F)CC2)c1. The normalized spacial score (nSPS) is 18.3. The van der Waals surface area contributed by atoms with E-state index in [-0.39, 0.29) is 59.9 Å². The second-order valence-corrected chi connectivity index (χ2v) is 9.83. The van der Waals surface area contributed by atoms with E-state index in [1.807, 2.05) is 4.90 Å².